The van der Waals surface area contributed by atoms with Gasteiger partial charge < -0.3 is 20.3 Å². The van der Waals surface area contributed by atoms with Crippen LogP contribution in [0.15, 0.2) is 24.3 Å². The average Bonchev–Trinajstić information content (AvgIpc) is 3.52. The Hall–Kier alpha value is -3.57. The molecule has 9 nitrogen and oxygen atoms in total. The first-order valence-corrected chi connectivity index (χ1v) is 12.5. The van der Waals surface area contributed by atoms with Crippen LogP contribution in [0.1, 0.15) is 44.2 Å². The zero-order chi connectivity index (χ0) is 25.9. The minimum atomic E-state index is -4.49. The summed E-state index contributed by atoms with van der Waals surface area (Å²) in [5, 5.41) is 14.6. The number of piperidine rings is 1. The molecule has 1 amide bonds. The standard InChI is InChI=1S/C25H28F3N7O2/c1-13-9-20(34-33-13)31-19-12-18-17(5-6-21(30-18)37-2)22(32-19)29-14-10-15-3-4-16(11-14)35(15)23(36)24(7-8-24)25(26,27)28/h5-6,9,12,14-16H,3-4,7-8,10-11H2,1-2H3,(H3,29,31,32,33,34)/t14?,15-,16+. The van der Waals surface area contributed by atoms with Crippen LogP contribution in [0.25, 0.3) is 10.9 Å². The number of anilines is 3. The smallest absolute Gasteiger partial charge is 0.403 e. The number of rotatable bonds is 6. The lowest BCUT2D eigenvalue weighted by atomic mass is 9.94. The molecule has 6 rings (SSSR count). The van der Waals surface area contributed by atoms with E-state index in [2.05, 4.69) is 25.8 Å². The number of fused-ring (bicyclic) bond motifs is 3. The number of halogens is 3. The Morgan fingerprint density at radius 3 is 2.46 bits per heavy atom. The number of methoxy groups -OCH3 is 1. The summed E-state index contributed by atoms with van der Waals surface area (Å²) < 4.78 is 46.2. The van der Waals surface area contributed by atoms with Crippen LogP contribution in [0.5, 0.6) is 5.88 Å². The molecule has 1 saturated carbocycles. The number of alkyl halides is 3. The van der Waals surface area contributed by atoms with Crippen LogP contribution < -0.4 is 15.4 Å². The first kappa shape index (κ1) is 23.8. The third kappa shape index (κ3) is 4.11. The SMILES string of the molecule is COc1ccc2c(NC3C[C@H]4CC[C@@H](C3)N4C(=O)C3(C(F)(F)F)CC3)nc(Nc3cc(C)[nH]n3)cc2n1. The molecule has 37 heavy (non-hydrogen) atoms. The van der Waals surface area contributed by atoms with E-state index in [1.54, 1.807) is 18.1 Å². The summed E-state index contributed by atoms with van der Waals surface area (Å²) in [5.74, 6) is 1.50. The van der Waals surface area contributed by atoms with Gasteiger partial charge in [0, 0.05) is 47.4 Å². The summed E-state index contributed by atoms with van der Waals surface area (Å²) >= 11 is 0. The molecule has 1 aliphatic carbocycles. The molecule has 196 valence electrons. The second kappa shape index (κ2) is 8.49. The fourth-order valence-electron chi connectivity index (χ4n) is 5.82. The van der Waals surface area contributed by atoms with Crippen LogP contribution in [-0.2, 0) is 4.79 Å². The lowest BCUT2D eigenvalue weighted by Crippen LogP contribution is -2.54. The van der Waals surface area contributed by atoms with Crippen molar-refractivity contribution in [1.82, 2.24) is 25.1 Å². The highest BCUT2D eigenvalue weighted by Crippen LogP contribution is 2.60. The van der Waals surface area contributed by atoms with E-state index < -0.39 is 17.5 Å². The van der Waals surface area contributed by atoms with Gasteiger partial charge in [-0.2, -0.15) is 18.3 Å². The monoisotopic (exact) mass is 515 g/mol. The van der Waals surface area contributed by atoms with Gasteiger partial charge in [-0.1, -0.05) is 0 Å². The Morgan fingerprint density at radius 2 is 1.86 bits per heavy atom. The molecular formula is C25H28F3N7O2. The summed E-state index contributed by atoms with van der Waals surface area (Å²) in [4.78, 5) is 23.9. The number of carbonyl (C=O) groups is 1. The second-order valence-corrected chi connectivity index (χ2v) is 10.3. The first-order valence-electron chi connectivity index (χ1n) is 12.5. The Morgan fingerprint density at radius 1 is 1.14 bits per heavy atom. The predicted octanol–water partition coefficient (Wildman–Crippen LogP) is 4.69. The van der Waals surface area contributed by atoms with Crippen molar-refractivity contribution in [3.63, 3.8) is 0 Å². The second-order valence-electron chi connectivity index (χ2n) is 10.3. The van der Waals surface area contributed by atoms with E-state index in [9.17, 15) is 18.0 Å². The van der Waals surface area contributed by atoms with Gasteiger partial charge >= 0.3 is 6.18 Å². The third-order valence-corrected chi connectivity index (χ3v) is 7.84. The van der Waals surface area contributed by atoms with Gasteiger partial charge in [0.05, 0.1) is 12.6 Å². The highest BCUT2D eigenvalue weighted by molar-refractivity contribution is 5.92. The minimum Gasteiger partial charge on any atom is -0.481 e. The molecule has 2 saturated heterocycles. The third-order valence-electron chi connectivity index (χ3n) is 7.84. The minimum absolute atomic E-state index is 0.0386. The van der Waals surface area contributed by atoms with Gasteiger partial charge in [0.1, 0.15) is 17.1 Å². The van der Waals surface area contributed by atoms with Crippen molar-refractivity contribution < 1.29 is 22.7 Å². The Kier molecular flexibility index (Phi) is 5.46. The molecule has 1 unspecified atom stereocenters. The van der Waals surface area contributed by atoms with Crippen molar-refractivity contribution in [3.05, 3.63) is 30.0 Å². The number of aromatic nitrogens is 4. The van der Waals surface area contributed by atoms with E-state index in [0.29, 0.717) is 41.7 Å². The zero-order valence-electron chi connectivity index (χ0n) is 20.5. The number of ether oxygens (including phenoxy) is 1. The van der Waals surface area contributed by atoms with Gasteiger partial charge in [-0.05, 0) is 51.5 Å². The number of amides is 1. The summed E-state index contributed by atoms with van der Waals surface area (Å²) in [6.07, 6.45) is -2.12. The van der Waals surface area contributed by atoms with E-state index in [1.165, 1.54) is 0 Å². The van der Waals surface area contributed by atoms with Crippen molar-refractivity contribution in [1.29, 1.82) is 0 Å². The molecule has 5 heterocycles. The Labute approximate surface area is 211 Å². The summed E-state index contributed by atoms with van der Waals surface area (Å²) in [5.41, 5.74) is -0.596. The topological polar surface area (TPSA) is 108 Å². The predicted molar refractivity (Wildman–Crippen MR) is 131 cm³/mol. The number of pyridine rings is 2. The molecule has 3 aliphatic rings. The van der Waals surface area contributed by atoms with Crippen molar-refractivity contribution in [3.8, 4) is 5.88 Å². The molecule has 3 atom stereocenters. The van der Waals surface area contributed by atoms with Crippen LogP contribution in [0, 0.1) is 12.3 Å². The number of carbonyl (C=O) groups excluding carboxylic acids is 1. The number of nitrogens with zero attached hydrogens (tertiary/aromatic N) is 4. The molecule has 2 aliphatic heterocycles. The van der Waals surface area contributed by atoms with E-state index in [-0.39, 0.29) is 31.0 Å². The largest absolute Gasteiger partial charge is 0.481 e. The molecule has 0 spiro atoms. The maximum Gasteiger partial charge on any atom is 0.403 e. The van der Waals surface area contributed by atoms with Crippen molar-refractivity contribution in [2.24, 2.45) is 5.41 Å². The maximum absolute atomic E-state index is 13.6. The average molecular weight is 516 g/mol. The molecule has 3 fully saturated rings. The number of nitrogens with one attached hydrogen (secondary N) is 3. The first-order chi connectivity index (χ1) is 17.7. The molecular weight excluding hydrogens is 487 g/mol. The van der Waals surface area contributed by atoms with Crippen molar-refractivity contribution >= 4 is 34.3 Å². The number of hydrogen-bond donors (Lipinski definition) is 3. The number of H-pyrrole nitrogens is 1. The summed E-state index contributed by atoms with van der Waals surface area (Å²) in [7, 11) is 1.55. The Bertz CT molecular complexity index is 1340. The quantitative estimate of drug-likeness (QED) is 0.437. The molecule has 12 heteroatoms. The lowest BCUT2D eigenvalue weighted by molar-refractivity contribution is -0.200. The maximum atomic E-state index is 13.6. The van der Waals surface area contributed by atoms with E-state index >= 15 is 0 Å². The number of aryl methyl sites for hydroxylation is 1. The Balaban J connectivity index is 1.25. The normalized spacial score (nSPS) is 24.2. The molecule has 0 aromatic carbocycles. The lowest BCUT2D eigenvalue weighted by Gasteiger charge is -2.41. The van der Waals surface area contributed by atoms with Crippen molar-refractivity contribution in [2.45, 2.75) is 69.8 Å². The van der Waals surface area contributed by atoms with Crippen LogP contribution >= 0.6 is 0 Å². The van der Waals surface area contributed by atoms with Gasteiger partial charge in [-0.25, -0.2) is 9.97 Å². The van der Waals surface area contributed by atoms with Gasteiger partial charge in [0.2, 0.25) is 11.8 Å². The molecule has 3 N–H and O–H groups in total. The summed E-state index contributed by atoms with van der Waals surface area (Å²) in [6.45, 7) is 1.90. The van der Waals surface area contributed by atoms with E-state index in [0.717, 1.165) is 23.9 Å². The van der Waals surface area contributed by atoms with Crippen LogP contribution in [0.3, 0.4) is 0 Å². The van der Waals surface area contributed by atoms with Gasteiger partial charge in [0.25, 0.3) is 0 Å². The summed E-state index contributed by atoms with van der Waals surface area (Å²) in [6, 6.07) is 6.86. The fourth-order valence-corrected chi connectivity index (χ4v) is 5.82. The highest BCUT2D eigenvalue weighted by Gasteiger charge is 2.70. The van der Waals surface area contributed by atoms with Crippen LogP contribution in [0.2, 0.25) is 0 Å². The number of hydrogen-bond acceptors (Lipinski definition) is 7. The van der Waals surface area contributed by atoms with Crippen LogP contribution in [0.4, 0.5) is 30.6 Å². The number of aromatic amines is 1. The van der Waals surface area contributed by atoms with Gasteiger partial charge in [0.15, 0.2) is 5.82 Å². The van der Waals surface area contributed by atoms with E-state index in [4.69, 9.17) is 9.72 Å². The van der Waals surface area contributed by atoms with Gasteiger partial charge in [-0.15, -0.1) is 0 Å². The molecule has 3 aromatic rings. The molecule has 0 radical (unpaired) electrons. The molecule has 3 aromatic heterocycles. The van der Waals surface area contributed by atoms with E-state index in [1.807, 2.05) is 25.1 Å². The van der Waals surface area contributed by atoms with Gasteiger partial charge in [-0.3, -0.25) is 9.89 Å². The molecule has 2 bridgehead atoms. The zero-order valence-corrected chi connectivity index (χ0v) is 20.5. The van der Waals surface area contributed by atoms with Crippen molar-refractivity contribution in [2.75, 3.05) is 17.7 Å². The van der Waals surface area contributed by atoms with Crippen LogP contribution in [-0.4, -0.2) is 62.4 Å². The fraction of sp³-hybridized carbons (Fsp3) is 0.520. The highest BCUT2D eigenvalue weighted by atomic mass is 19.4.